The second-order valence-electron chi connectivity index (χ2n) is 6.84. The standard InChI is InChI=1S/C18H16O9/c1-18-5-6-11(8(26-18)4-10(27-18)17(23)24)16(22)12-7(19)3-9(25-2)15(21)13(12)14(6)20/h3,8,10,20,22H,4-5H2,1-2H3,(H,23,24)/t8-,10+,18-/m0/s1. The molecule has 1 aromatic carbocycles. The summed E-state index contributed by atoms with van der Waals surface area (Å²) in [4.78, 5) is 36.4. The van der Waals surface area contributed by atoms with E-state index in [4.69, 9.17) is 14.2 Å². The molecule has 0 spiro atoms. The van der Waals surface area contributed by atoms with E-state index in [0.29, 0.717) is 0 Å². The van der Waals surface area contributed by atoms with Crippen LogP contribution in [0.3, 0.4) is 0 Å². The Labute approximate surface area is 152 Å². The number of Topliss-reactive ketones (excluding diaryl/α,β-unsaturated/α-hetero) is 1. The van der Waals surface area contributed by atoms with Crippen LogP contribution in [0.2, 0.25) is 0 Å². The topological polar surface area (TPSA) is 140 Å². The summed E-state index contributed by atoms with van der Waals surface area (Å²) in [5.74, 6) is -5.18. The van der Waals surface area contributed by atoms with Gasteiger partial charge in [-0.1, -0.05) is 0 Å². The van der Waals surface area contributed by atoms with E-state index in [0.717, 1.165) is 6.08 Å². The Balaban J connectivity index is 1.95. The van der Waals surface area contributed by atoms with Gasteiger partial charge in [0.25, 0.3) is 0 Å². The first-order valence-corrected chi connectivity index (χ1v) is 8.20. The average Bonchev–Trinajstić information content (AvgIpc) is 2.59. The van der Waals surface area contributed by atoms with E-state index in [1.165, 1.54) is 14.0 Å². The quantitative estimate of drug-likeness (QED) is 0.650. The van der Waals surface area contributed by atoms with Crippen LogP contribution in [0.4, 0.5) is 0 Å². The first kappa shape index (κ1) is 17.5. The summed E-state index contributed by atoms with van der Waals surface area (Å²) >= 11 is 0. The van der Waals surface area contributed by atoms with Crippen LogP contribution in [0.25, 0.3) is 0 Å². The lowest BCUT2D eigenvalue weighted by molar-refractivity contribution is -0.314. The number of phenolic OH excluding ortho intramolecular Hbond substituents is 2. The molecule has 0 radical (unpaired) electrons. The molecule has 0 amide bonds. The van der Waals surface area contributed by atoms with Gasteiger partial charge in [0.05, 0.1) is 24.3 Å². The van der Waals surface area contributed by atoms with Gasteiger partial charge in [0.1, 0.15) is 11.5 Å². The fourth-order valence-corrected chi connectivity index (χ4v) is 3.96. The van der Waals surface area contributed by atoms with E-state index in [1.54, 1.807) is 0 Å². The van der Waals surface area contributed by atoms with Crippen molar-refractivity contribution in [3.8, 4) is 11.5 Å². The Morgan fingerprint density at radius 1 is 1.22 bits per heavy atom. The molecule has 27 heavy (non-hydrogen) atoms. The Morgan fingerprint density at radius 3 is 2.56 bits per heavy atom. The Kier molecular flexibility index (Phi) is 3.59. The summed E-state index contributed by atoms with van der Waals surface area (Å²) in [5.41, 5.74) is -0.391. The van der Waals surface area contributed by atoms with Crippen LogP contribution in [0.1, 0.15) is 51.3 Å². The van der Waals surface area contributed by atoms with Crippen molar-refractivity contribution in [3.63, 3.8) is 0 Å². The number of methoxy groups -OCH3 is 1. The normalized spacial score (nSPS) is 28.9. The smallest absolute Gasteiger partial charge is 0.333 e. The number of hydrogen-bond acceptors (Lipinski definition) is 8. The number of carbonyl (C=O) groups is 3. The van der Waals surface area contributed by atoms with Crippen molar-refractivity contribution in [2.45, 2.75) is 37.8 Å². The van der Waals surface area contributed by atoms with Gasteiger partial charge in [-0.15, -0.1) is 0 Å². The molecule has 3 N–H and O–H groups in total. The van der Waals surface area contributed by atoms with Gasteiger partial charge < -0.3 is 29.5 Å². The van der Waals surface area contributed by atoms with Crippen LogP contribution in [0.5, 0.6) is 11.5 Å². The lowest BCUT2D eigenvalue weighted by atomic mass is 9.80. The molecule has 2 heterocycles. The fourth-order valence-electron chi connectivity index (χ4n) is 3.96. The first-order valence-electron chi connectivity index (χ1n) is 8.20. The van der Waals surface area contributed by atoms with Gasteiger partial charge in [-0.25, -0.2) is 4.79 Å². The zero-order valence-electron chi connectivity index (χ0n) is 14.4. The maximum Gasteiger partial charge on any atom is 0.333 e. The highest BCUT2D eigenvalue weighted by Crippen LogP contribution is 2.53. The van der Waals surface area contributed by atoms with Gasteiger partial charge in [-0.05, 0) is 6.92 Å². The predicted octanol–water partition coefficient (Wildman–Crippen LogP) is 1.21. The SMILES string of the molecule is COC1=CC(=O)c2c(O)c3c(c(O)c2C1=O)C[C@@]1(C)O[C@H]3C[C@H](C(=O)O)O1. The van der Waals surface area contributed by atoms with Gasteiger partial charge in [-0.3, -0.25) is 9.59 Å². The molecular weight excluding hydrogens is 360 g/mol. The van der Waals surface area contributed by atoms with Gasteiger partial charge in [-0.2, -0.15) is 0 Å². The lowest BCUT2D eigenvalue weighted by Crippen LogP contribution is -2.50. The molecule has 1 aliphatic carbocycles. The predicted molar refractivity (Wildman–Crippen MR) is 86.6 cm³/mol. The van der Waals surface area contributed by atoms with Crippen LogP contribution in [0.15, 0.2) is 11.8 Å². The zero-order chi connectivity index (χ0) is 19.7. The summed E-state index contributed by atoms with van der Waals surface area (Å²) in [7, 11) is 1.22. The minimum absolute atomic E-state index is 0.105. The van der Waals surface area contributed by atoms with E-state index in [-0.39, 0.29) is 40.9 Å². The summed E-state index contributed by atoms with van der Waals surface area (Å²) in [6, 6.07) is 0. The number of fused-ring (bicyclic) bond motifs is 5. The highest BCUT2D eigenvalue weighted by molar-refractivity contribution is 6.26. The van der Waals surface area contributed by atoms with Gasteiger partial charge in [0, 0.05) is 30.0 Å². The van der Waals surface area contributed by atoms with Crippen molar-refractivity contribution >= 4 is 17.5 Å². The van der Waals surface area contributed by atoms with E-state index >= 15 is 0 Å². The molecule has 3 aliphatic rings. The molecule has 2 aliphatic heterocycles. The number of aromatic hydroxyl groups is 2. The third-order valence-corrected chi connectivity index (χ3v) is 5.08. The third-order valence-electron chi connectivity index (χ3n) is 5.08. The number of carbonyl (C=O) groups excluding carboxylic acids is 2. The van der Waals surface area contributed by atoms with E-state index < -0.39 is 47.0 Å². The maximum absolute atomic E-state index is 12.6. The number of ether oxygens (including phenoxy) is 3. The largest absolute Gasteiger partial charge is 0.507 e. The zero-order valence-corrected chi connectivity index (χ0v) is 14.4. The number of carboxylic acid groups (broad SMARTS) is 1. The molecule has 0 unspecified atom stereocenters. The number of benzene rings is 1. The molecule has 4 rings (SSSR count). The van der Waals surface area contributed by atoms with Crippen molar-refractivity contribution < 1.29 is 43.9 Å². The second kappa shape index (κ2) is 5.54. The highest BCUT2D eigenvalue weighted by atomic mass is 16.7. The second-order valence-corrected chi connectivity index (χ2v) is 6.84. The van der Waals surface area contributed by atoms with E-state index in [1.807, 2.05) is 0 Å². The van der Waals surface area contributed by atoms with Crippen LogP contribution < -0.4 is 0 Å². The monoisotopic (exact) mass is 376 g/mol. The number of hydrogen-bond donors (Lipinski definition) is 3. The average molecular weight is 376 g/mol. The summed E-state index contributed by atoms with van der Waals surface area (Å²) in [6.07, 6.45) is -1.38. The van der Waals surface area contributed by atoms with Crippen molar-refractivity contribution in [2.24, 2.45) is 0 Å². The number of aliphatic carboxylic acids is 1. The number of ketones is 2. The lowest BCUT2D eigenvalue weighted by Gasteiger charge is -2.46. The molecule has 1 saturated heterocycles. The molecule has 1 aromatic rings. The molecule has 3 atom stereocenters. The maximum atomic E-state index is 12.6. The highest BCUT2D eigenvalue weighted by Gasteiger charge is 2.50. The van der Waals surface area contributed by atoms with Crippen LogP contribution in [-0.4, -0.2) is 51.9 Å². The molecule has 0 saturated carbocycles. The van der Waals surface area contributed by atoms with E-state index in [2.05, 4.69) is 0 Å². The Morgan fingerprint density at radius 2 is 1.93 bits per heavy atom. The number of carboxylic acids is 1. The molecule has 1 fully saturated rings. The van der Waals surface area contributed by atoms with Crippen molar-refractivity contribution in [3.05, 3.63) is 34.1 Å². The molecule has 9 heteroatoms. The summed E-state index contributed by atoms with van der Waals surface area (Å²) in [5, 5.41) is 30.8. The van der Waals surface area contributed by atoms with Crippen LogP contribution >= 0.6 is 0 Å². The summed E-state index contributed by atoms with van der Waals surface area (Å²) < 4.78 is 16.1. The van der Waals surface area contributed by atoms with Gasteiger partial charge in [0.15, 0.2) is 23.4 Å². The van der Waals surface area contributed by atoms with Crippen molar-refractivity contribution in [2.75, 3.05) is 7.11 Å². The van der Waals surface area contributed by atoms with Crippen LogP contribution in [0, 0.1) is 0 Å². The minimum Gasteiger partial charge on any atom is -0.507 e. The number of allylic oxidation sites excluding steroid dienone is 2. The third kappa shape index (κ3) is 2.35. The molecule has 0 aromatic heterocycles. The Hall–Kier alpha value is -2.91. The van der Waals surface area contributed by atoms with Crippen LogP contribution in [-0.2, 0) is 25.4 Å². The van der Waals surface area contributed by atoms with Gasteiger partial charge in [0.2, 0.25) is 5.78 Å². The molecule has 9 nitrogen and oxygen atoms in total. The number of rotatable bonds is 2. The fraction of sp³-hybridized carbons (Fsp3) is 0.389. The molecular formula is C18H16O9. The number of phenols is 2. The van der Waals surface area contributed by atoms with Gasteiger partial charge >= 0.3 is 5.97 Å². The van der Waals surface area contributed by atoms with Crippen molar-refractivity contribution in [1.82, 2.24) is 0 Å². The van der Waals surface area contributed by atoms with Crippen molar-refractivity contribution in [1.29, 1.82) is 0 Å². The minimum atomic E-state index is -1.36. The van der Waals surface area contributed by atoms with E-state index in [9.17, 15) is 29.7 Å². The summed E-state index contributed by atoms with van der Waals surface area (Å²) in [6.45, 7) is 1.52. The first-order chi connectivity index (χ1) is 12.7. The Bertz CT molecular complexity index is 945. The molecule has 142 valence electrons. The molecule has 2 bridgehead atoms.